The molecule has 12 heteroatoms. The highest BCUT2D eigenvalue weighted by molar-refractivity contribution is 7.98. The van der Waals surface area contributed by atoms with Crippen molar-refractivity contribution in [2.75, 3.05) is 23.7 Å². The number of hydrogen-bond donors (Lipinski definition) is 1. The molecule has 0 saturated heterocycles. The van der Waals surface area contributed by atoms with Crippen molar-refractivity contribution in [1.82, 2.24) is 10.2 Å². The largest absolute Gasteiger partial charge is 0.494 e. The molecule has 0 fully saturated rings. The molecule has 2 amide bonds. The Morgan fingerprint density at radius 3 is 2.12 bits per heavy atom. The molecule has 1 atom stereocenters. The van der Waals surface area contributed by atoms with Crippen LogP contribution in [0.15, 0.2) is 107 Å². The molecule has 0 saturated carbocycles. The van der Waals surface area contributed by atoms with Gasteiger partial charge in [0.1, 0.15) is 18.3 Å². The smallest absolute Gasteiger partial charge is 0.264 e. The fourth-order valence-electron chi connectivity index (χ4n) is 5.05. The van der Waals surface area contributed by atoms with E-state index in [2.05, 4.69) is 5.32 Å². The van der Waals surface area contributed by atoms with Gasteiger partial charge < -0.3 is 15.0 Å². The Kier molecular flexibility index (Phi) is 13.2. The van der Waals surface area contributed by atoms with Crippen molar-refractivity contribution in [2.24, 2.45) is 0 Å². The first-order valence-corrected chi connectivity index (χ1v) is 18.8. The van der Waals surface area contributed by atoms with Crippen LogP contribution < -0.4 is 14.4 Å². The zero-order chi connectivity index (χ0) is 34.8. The van der Waals surface area contributed by atoms with Crippen molar-refractivity contribution in [3.05, 3.63) is 118 Å². The van der Waals surface area contributed by atoms with Gasteiger partial charge in [-0.25, -0.2) is 8.42 Å². The molecule has 0 aromatic heterocycles. The van der Waals surface area contributed by atoms with Crippen LogP contribution in [0.3, 0.4) is 0 Å². The Balaban J connectivity index is 1.82. The van der Waals surface area contributed by atoms with Crippen LogP contribution >= 0.6 is 35.0 Å². The van der Waals surface area contributed by atoms with Gasteiger partial charge in [0.15, 0.2) is 0 Å². The summed E-state index contributed by atoms with van der Waals surface area (Å²) < 4.78 is 35.2. The van der Waals surface area contributed by atoms with Crippen LogP contribution in [-0.4, -0.2) is 56.6 Å². The van der Waals surface area contributed by atoms with Crippen LogP contribution in [0.25, 0.3) is 0 Å². The Bertz CT molecular complexity index is 1790. The highest BCUT2D eigenvalue weighted by Crippen LogP contribution is 2.29. The SMILES string of the molecule is CCOc1ccc(N(CC(=O)N(Cc2ccc(Cl)c(Cl)c2)[C@H](Cc2ccccc2)C(=O)NC(C)C)S(=O)(=O)c2ccc(SC)cc2)cc1. The van der Waals surface area contributed by atoms with E-state index in [1.807, 2.05) is 57.4 Å². The maximum atomic E-state index is 14.6. The number of sulfonamides is 1. The zero-order valence-corrected chi connectivity index (χ0v) is 30.4. The molecular weight excluding hydrogens is 689 g/mol. The van der Waals surface area contributed by atoms with Gasteiger partial charge >= 0.3 is 0 Å². The Hall–Kier alpha value is -3.70. The van der Waals surface area contributed by atoms with Crippen molar-refractivity contribution in [1.29, 1.82) is 0 Å². The lowest BCUT2D eigenvalue weighted by Crippen LogP contribution is -2.54. The minimum absolute atomic E-state index is 0.0244. The zero-order valence-electron chi connectivity index (χ0n) is 27.2. The lowest BCUT2D eigenvalue weighted by Gasteiger charge is -2.34. The highest BCUT2D eigenvalue weighted by Gasteiger charge is 2.35. The maximum Gasteiger partial charge on any atom is 0.264 e. The number of anilines is 1. The third kappa shape index (κ3) is 9.69. The van der Waals surface area contributed by atoms with E-state index in [1.165, 1.54) is 28.8 Å². The molecule has 0 heterocycles. The van der Waals surface area contributed by atoms with Gasteiger partial charge in [-0.2, -0.15) is 0 Å². The minimum atomic E-state index is -4.25. The number of nitrogens with zero attached hydrogens (tertiary/aromatic N) is 2. The van der Waals surface area contributed by atoms with Crippen LogP contribution in [0, 0.1) is 0 Å². The van der Waals surface area contributed by atoms with Gasteiger partial charge in [0.2, 0.25) is 11.8 Å². The normalized spacial score (nSPS) is 12.0. The second kappa shape index (κ2) is 17.1. The summed E-state index contributed by atoms with van der Waals surface area (Å²) in [5.41, 5.74) is 1.72. The molecule has 0 spiro atoms. The van der Waals surface area contributed by atoms with Gasteiger partial charge in [0.05, 0.1) is 27.2 Å². The van der Waals surface area contributed by atoms with Crippen molar-refractivity contribution >= 4 is 62.5 Å². The fraction of sp³-hybridized carbons (Fsp3) is 0.278. The average Bonchev–Trinajstić information content (AvgIpc) is 3.07. The lowest BCUT2D eigenvalue weighted by molar-refractivity contribution is -0.140. The third-order valence-corrected chi connectivity index (χ3v) is 10.7. The molecule has 4 rings (SSSR count). The molecule has 254 valence electrons. The molecule has 0 aliphatic carbocycles. The topological polar surface area (TPSA) is 96.0 Å². The summed E-state index contributed by atoms with van der Waals surface area (Å²) in [6, 6.07) is 26.2. The number of carbonyl (C=O) groups excluding carboxylic acids is 2. The number of benzene rings is 4. The Labute approximate surface area is 297 Å². The number of amides is 2. The number of ether oxygens (including phenoxy) is 1. The Morgan fingerprint density at radius 1 is 0.875 bits per heavy atom. The number of rotatable bonds is 15. The van der Waals surface area contributed by atoms with E-state index < -0.39 is 28.5 Å². The molecule has 0 radical (unpaired) electrons. The van der Waals surface area contributed by atoms with Crippen LogP contribution in [-0.2, 0) is 32.6 Å². The van der Waals surface area contributed by atoms with Crippen LogP contribution in [0.2, 0.25) is 10.0 Å². The molecule has 4 aromatic rings. The first-order chi connectivity index (χ1) is 22.9. The minimum Gasteiger partial charge on any atom is -0.494 e. The second-order valence-electron chi connectivity index (χ2n) is 11.3. The first-order valence-electron chi connectivity index (χ1n) is 15.4. The van der Waals surface area contributed by atoms with Gasteiger partial charge in [0.25, 0.3) is 10.0 Å². The Morgan fingerprint density at radius 2 is 1.54 bits per heavy atom. The quantitative estimate of drug-likeness (QED) is 0.128. The molecular formula is C36H39Cl2N3O5S2. The summed E-state index contributed by atoms with van der Waals surface area (Å²) in [4.78, 5) is 30.8. The third-order valence-electron chi connectivity index (χ3n) is 7.40. The average molecular weight is 729 g/mol. The number of hydrogen-bond acceptors (Lipinski definition) is 6. The molecule has 0 unspecified atom stereocenters. The van der Waals surface area contributed by atoms with Crippen molar-refractivity contribution in [3.63, 3.8) is 0 Å². The van der Waals surface area contributed by atoms with Crippen molar-refractivity contribution in [2.45, 2.75) is 55.6 Å². The molecule has 4 aromatic carbocycles. The second-order valence-corrected chi connectivity index (χ2v) is 14.8. The van der Waals surface area contributed by atoms with Crippen LogP contribution in [0.5, 0.6) is 5.75 Å². The number of nitrogens with one attached hydrogen (secondary N) is 1. The van der Waals surface area contributed by atoms with E-state index in [0.717, 1.165) is 14.8 Å². The monoisotopic (exact) mass is 727 g/mol. The summed E-state index contributed by atoms with van der Waals surface area (Å²) in [5, 5.41) is 3.58. The summed E-state index contributed by atoms with van der Waals surface area (Å²) >= 11 is 14.0. The van der Waals surface area contributed by atoms with E-state index in [1.54, 1.807) is 54.6 Å². The van der Waals surface area contributed by atoms with E-state index in [0.29, 0.717) is 28.0 Å². The molecule has 0 aliphatic heterocycles. The summed E-state index contributed by atoms with van der Waals surface area (Å²) in [6.07, 6.45) is 2.09. The van der Waals surface area contributed by atoms with E-state index >= 15 is 0 Å². The predicted octanol–water partition coefficient (Wildman–Crippen LogP) is 7.47. The standard InChI is InChI=1S/C36H39Cl2N3O5S2/c1-5-46-29-14-12-28(13-15-29)41(48(44,45)31-18-16-30(47-4)17-19-31)24-35(42)40(23-27-11-20-32(37)33(38)21-27)34(36(43)39-25(2)3)22-26-9-7-6-8-10-26/h6-21,25,34H,5,22-24H2,1-4H3,(H,39,43)/t34-/m1/s1. The van der Waals surface area contributed by atoms with E-state index in [9.17, 15) is 18.0 Å². The van der Waals surface area contributed by atoms with Crippen LogP contribution in [0.1, 0.15) is 31.9 Å². The highest BCUT2D eigenvalue weighted by atomic mass is 35.5. The summed E-state index contributed by atoms with van der Waals surface area (Å²) in [6.45, 7) is 5.36. The molecule has 8 nitrogen and oxygen atoms in total. The van der Waals surface area contributed by atoms with Crippen molar-refractivity contribution < 1.29 is 22.7 Å². The lowest BCUT2D eigenvalue weighted by atomic mass is 10.0. The number of halogens is 2. The maximum absolute atomic E-state index is 14.6. The molecule has 1 N–H and O–H groups in total. The van der Waals surface area contributed by atoms with Gasteiger partial charge in [-0.15, -0.1) is 11.8 Å². The van der Waals surface area contributed by atoms with Gasteiger partial charge in [-0.05, 0) is 98.8 Å². The van der Waals surface area contributed by atoms with E-state index in [-0.39, 0.29) is 35.5 Å². The predicted molar refractivity (Wildman–Crippen MR) is 195 cm³/mol. The van der Waals surface area contributed by atoms with Gasteiger partial charge in [0, 0.05) is 23.9 Å². The number of carbonyl (C=O) groups is 2. The van der Waals surface area contributed by atoms with Gasteiger partial charge in [-0.3, -0.25) is 13.9 Å². The molecule has 0 bridgehead atoms. The summed E-state index contributed by atoms with van der Waals surface area (Å²) in [5.74, 6) is -0.395. The van der Waals surface area contributed by atoms with Gasteiger partial charge in [-0.1, -0.05) is 59.6 Å². The van der Waals surface area contributed by atoms with E-state index in [4.69, 9.17) is 27.9 Å². The van der Waals surface area contributed by atoms with Crippen LogP contribution in [0.4, 0.5) is 5.69 Å². The molecule has 48 heavy (non-hydrogen) atoms. The first kappa shape index (κ1) is 37.1. The number of thioether (sulfide) groups is 1. The summed E-state index contributed by atoms with van der Waals surface area (Å²) in [7, 11) is -4.25. The van der Waals surface area contributed by atoms with Crippen molar-refractivity contribution in [3.8, 4) is 5.75 Å². The fourth-order valence-corrected chi connectivity index (χ4v) is 7.19. The molecule has 0 aliphatic rings.